The molecule has 0 aliphatic heterocycles. The number of thiophene rings is 1. The van der Waals surface area contributed by atoms with Gasteiger partial charge in [0.05, 0.1) is 12.6 Å². The minimum atomic E-state index is -0.621. The Morgan fingerprint density at radius 1 is 1.20 bits per heavy atom. The van der Waals surface area contributed by atoms with Crippen molar-refractivity contribution in [3.8, 4) is 0 Å². The maximum Gasteiger partial charge on any atom is 0.245 e. The molecular formula is C19H23N3O2S. The predicted molar refractivity (Wildman–Crippen MR) is 102 cm³/mol. The number of hydrazone groups is 1. The summed E-state index contributed by atoms with van der Waals surface area (Å²) in [5.74, 6) is -0.205. The zero-order valence-electron chi connectivity index (χ0n) is 14.5. The summed E-state index contributed by atoms with van der Waals surface area (Å²) in [6, 6.07) is 11.5. The van der Waals surface area contributed by atoms with Gasteiger partial charge < -0.3 is 5.32 Å². The molecule has 6 heteroatoms. The second-order valence-corrected chi connectivity index (χ2v) is 7.18. The molecule has 0 saturated heterocycles. The fourth-order valence-electron chi connectivity index (χ4n) is 2.12. The first kappa shape index (κ1) is 18.9. The van der Waals surface area contributed by atoms with Crippen LogP contribution in [0.25, 0.3) is 0 Å². The number of benzene rings is 1. The van der Waals surface area contributed by atoms with E-state index in [1.165, 1.54) is 0 Å². The monoisotopic (exact) mass is 357 g/mol. The quantitative estimate of drug-likeness (QED) is 0.563. The first-order valence-electron chi connectivity index (χ1n) is 8.14. The van der Waals surface area contributed by atoms with E-state index >= 15 is 0 Å². The summed E-state index contributed by atoms with van der Waals surface area (Å²) in [6.45, 7) is 4.13. The number of carbonyl (C=O) groups excluding carboxylic acids is 2. The molecule has 2 rings (SSSR count). The molecule has 0 bridgehead atoms. The molecule has 1 aromatic carbocycles. The van der Waals surface area contributed by atoms with Crippen LogP contribution in [0.15, 0.2) is 52.3 Å². The third-order valence-electron chi connectivity index (χ3n) is 3.81. The summed E-state index contributed by atoms with van der Waals surface area (Å²) in [6.07, 6.45) is 2.52. The number of carbonyl (C=O) groups is 2. The van der Waals surface area contributed by atoms with E-state index < -0.39 is 5.41 Å². The van der Waals surface area contributed by atoms with E-state index in [0.29, 0.717) is 19.4 Å². The van der Waals surface area contributed by atoms with Crippen LogP contribution >= 0.6 is 11.3 Å². The molecule has 0 aliphatic rings. The van der Waals surface area contributed by atoms with Crippen molar-refractivity contribution in [3.63, 3.8) is 0 Å². The maximum absolute atomic E-state index is 12.3. The summed E-state index contributed by atoms with van der Waals surface area (Å²) in [7, 11) is 0. The van der Waals surface area contributed by atoms with Crippen molar-refractivity contribution in [1.82, 2.24) is 10.7 Å². The molecule has 1 heterocycles. The number of nitrogens with zero attached hydrogens (tertiary/aromatic N) is 1. The second kappa shape index (κ2) is 9.13. The SMILES string of the molecule is CC(C)(CCNC(=O)Cc1ccsc1)C(=O)NN=Cc1ccccc1. The third kappa shape index (κ3) is 6.51. The van der Waals surface area contributed by atoms with Gasteiger partial charge in [0.2, 0.25) is 11.8 Å². The summed E-state index contributed by atoms with van der Waals surface area (Å²) >= 11 is 1.57. The Morgan fingerprint density at radius 2 is 1.96 bits per heavy atom. The van der Waals surface area contributed by atoms with Crippen molar-refractivity contribution in [2.75, 3.05) is 6.54 Å². The minimum absolute atomic E-state index is 0.0308. The lowest BCUT2D eigenvalue weighted by atomic mass is 9.88. The molecule has 2 amide bonds. The van der Waals surface area contributed by atoms with Crippen molar-refractivity contribution in [1.29, 1.82) is 0 Å². The number of hydrogen-bond donors (Lipinski definition) is 2. The number of rotatable bonds is 8. The Morgan fingerprint density at radius 3 is 2.64 bits per heavy atom. The van der Waals surface area contributed by atoms with E-state index in [9.17, 15) is 9.59 Å². The van der Waals surface area contributed by atoms with Crippen LogP contribution in [-0.2, 0) is 16.0 Å². The molecule has 2 N–H and O–H groups in total. The highest BCUT2D eigenvalue weighted by Crippen LogP contribution is 2.19. The van der Waals surface area contributed by atoms with Crippen LogP contribution in [0.2, 0.25) is 0 Å². The lowest BCUT2D eigenvalue weighted by Crippen LogP contribution is -2.37. The molecule has 1 aromatic heterocycles. The number of nitrogens with one attached hydrogen (secondary N) is 2. The van der Waals surface area contributed by atoms with Gasteiger partial charge in [-0.25, -0.2) is 5.43 Å². The van der Waals surface area contributed by atoms with Gasteiger partial charge in [0.25, 0.3) is 0 Å². The topological polar surface area (TPSA) is 70.6 Å². The summed E-state index contributed by atoms with van der Waals surface area (Å²) in [5.41, 5.74) is 3.87. The first-order valence-corrected chi connectivity index (χ1v) is 9.08. The molecule has 0 spiro atoms. The number of hydrogen-bond acceptors (Lipinski definition) is 4. The average molecular weight is 357 g/mol. The van der Waals surface area contributed by atoms with E-state index in [1.54, 1.807) is 17.6 Å². The van der Waals surface area contributed by atoms with Gasteiger partial charge in [-0.1, -0.05) is 44.2 Å². The first-order chi connectivity index (χ1) is 12.0. The highest BCUT2D eigenvalue weighted by Gasteiger charge is 2.27. The second-order valence-electron chi connectivity index (χ2n) is 6.40. The lowest BCUT2D eigenvalue weighted by Gasteiger charge is -2.22. The Labute approximate surface area is 152 Å². The molecular weight excluding hydrogens is 334 g/mol. The number of amides is 2. The van der Waals surface area contributed by atoms with Gasteiger partial charge >= 0.3 is 0 Å². The van der Waals surface area contributed by atoms with Crippen molar-refractivity contribution in [2.45, 2.75) is 26.7 Å². The van der Waals surface area contributed by atoms with E-state index in [4.69, 9.17) is 0 Å². The maximum atomic E-state index is 12.3. The molecule has 0 fully saturated rings. The minimum Gasteiger partial charge on any atom is -0.356 e. The average Bonchev–Trinajstić information content (AvgIpc) is 3.08. The van der Waals surface area contributed by atoms with Gasteiger partial charge in [-0.3, -0.25) is 9.59 Å². The molecule has 25 heavy (non-hydrogen) atoms. The van der Waals surface area contributed by atoms with Gasteiger partial charge in [0.15, 0.2) is 0 Å². The molecule has 0 radical (unpaired) electrons. The lowest BCUT2D eigenvalue weighted by molar-refractivity contribution is -0.130. The van der Waals surface area contributed by atoms with E-state index in [-0.39, 0.29) is 11.8 Å². The van der Waals surface area contributed by atoms with Gasteiger partial charge in [-0.15, -0.1) is 0 Å². The molecule has 0 atom stereocenters. The van der Waals surface area contributed by atoms with Crippen LogP contribution < -0.4 is 10.7 Å². The standard InChI is InChI=1S/C19H23N3O2S/c1-19(2,9-10-20-17(23)12-16-8-11-25-14-16)18(24)22-21-13-15-6-4-3-5-7-15/h3-8,11,13-14H,9-10,12H2,1-2H3,(H,20,23)(H,22,24). The Balaban J connectivity index is 1.73. The van der Waals surface area contributed by atoms with Gasteiger partial charge in [0.1, 0.15) is 0 Å². The molecule has 2 aromatic rings. The Bertz CT molecular complexity index is 710. The summed E-state index contributed by atoms with van der Waals surface area (Å²) in [4.78, 5) is 24.1. The molecule has 0 aliphatic carbocycles. The van der Waals surface area contributed by atoms with Crippen molar-refractivity contribution >= 4 is 29.4 Å². The van der Waals surface area contributed by atoms with Gasteiger partial charge in [-0.2, -0.15) is 16.4 Å². The summed E-state index contributed by atoms with van der Waals surface area (Å²) < 4.78 is 0. The smallest absolute Gasteiger partial charge is 0.245 e. The molecule has 5 nitrogen and oxygen atoms in total. The third-order valence-corrected chi connectivity index (χ3v) is 4.54. The van der Waals surface area contributed by atoms with Crippen molar-refractivity contribution < 1.29 is 9.59 Å². The van der Waals surface area contributed by atoms with Crippen LogP contribution in [-0.4, -0.2) is 24.6 Å². The predicted octanol–water partition coefficient (Wildman–Crippen LogP) is 2.97. The Kier molecular flexibility index (Phi) is 6.89. The van der Waals surface area contributed by atoms with E-state index in [2.05, 4.69) is 15.8 Å². The van der Waals surface area contributed by atoms with E-state index in [1.807, 2.05) is 61.0 Å². The molecule has 0 saturated carbocycles. The van der Waals surface area contributed by atoms with Crippen LogP contribution in [0.5, 0.6) is 0 Å². The fourth-order valence-corrected chi connectivity index (χ4v) is 2.79. The van der Waals surface area contributed by atoms with Crippen molar-refractivity contribution in [2.24, 2.45) is 10.5 Å². The highest BCUT2D eigenvalue weighted by atomic mass is 32.1. The largest absolute Gasteiger partial charge is 0.356 e. The van der Waals surface area contributed by atoms with Crippen LogP contribution in [0.3, 0.4) is 0 Å². The Hall–Kier alpha value is -2.47. The molecule has 0 unspecified atom stereocenters. The van der Waals surface area contributed by atoms with Crippen LogP contribution in [0, 0.1) is 5.41 Å². The molecule has 132 valence electrons. The summed E-state index contributed by atoms with van der Waals surface area (Å²) in [5, 5.41) is 10.8. The zero-order valence-corrected chi connectivity index (χ0v) is 15.3. The van der Waals surface area contributed by atoms with Gasteiger partial charge in [-0.05, 0) is 34.4 Å². The van der Waals surface area contributed by atoms with E-state index in [0.717, 1.165) is 11.1 Å². The van der Waals surface area contributed by atoms with Gasteiger partial charge in [0, 0.05) is 12.0 Å². The fraction of sp³-hybridized carbons (Fsp3) is 0.316. The normalized spacial score (nSPS) is 11.4. The van der Waals surface area contributed by atoms with Crippen LogP contribution in [0.1, 0.15) is 31.4 Å². The highest BCUT2D eigenvalue weighted by molar-refractivity contribution is 7.08. The van der Waals surface area contributed by atoms with Crippen molar-refractivity contribution in [3.05, 3.63) is 58.3 Å². The van der Waals surface area contributed by atoms with Crippen LogP contribution in [0.4, 0.5) is 0 Å². The zero-order chi connectivity index (χ0) is 18.1.